The van der Waals surface area contributed by atoms with Crippen molar-refractivity contribution in [3.63, 3.8) is 0 Å². The lowest BCUT2D eigenvalue weighted by Crippen LogP contribution is -2.43. The van der Waals surface area contributed by atoms with E-state index in [2.05, 4.69) is 10.6 Å². The summed E-state index contributed by atoms with van der Waals surface area (Å²) in [5.41, 5.74) is 0. The molecule has 0 radical (unpaired) electrons. The van der Waals surface area contributed by atoms with E-state index in [4.69, 9.17) is 5.11 Å². The summed E-state index contributed by atoms with van der Waals surface area (Å²) < 4.78 is 22.2. The van der Waals surface area contributed by atoms with Gasteiger partial charge in [0, 0.05) is 18.3 Å². The van der Waals surface area contributed by atoms with E-state index in [9.17, 15) is 18.0 Å². The van der Waals surface area contributed by atoms with Crippen LogP contribution in [0.3, 0.4) is 0 Å². The van der Waals surface area contributed by atoms with Gasteiger partial charge in [-0.05, 0) is 6.92 Å². The van der Waals surface area contributed by atoms with E-state index < -0.39 is 27.9 Å². The van der Waals surface area contributed by atoms with Crippen LogP contribution in [0.2, 0.25) is 0 Å². The second-order valence-electron chi connectivity index (χ2n) is 3.64. The lowest BCUT2D eigenvalue weighted by atomic mass is 10.2. The molecular weight excluding hydrogens is 248 g/mol. The summed E-state index contributed by atoms with van der Waals surface area (Å²) in [6, 6.07) is -1.07. The molecule has 8 heteroatoms. The minimum absolute atomic E-state index is 0.0157. The first-order valence-corrected chi connectivity index (χ1v) is 7.05. The van der Waals surface area contributed by atoms with Crippen molar-refractivity contribution in [3.8, 4) is 0 Å². The predicted octanol–water partition coefficient (Wildman–Crippen LogP) is -0.416. The standard InChI is InChI=1S/C9H18N2O5S/c1-3-17(15,16)5-4-10-9(14)11-7(2)6-8(12)13/h7H,3-6H2,1-2H3,(H,12,13)(H2,10,11,14). The normalized spacial score (nSPS) is 12.8. The Bertz CT molecular complexity index is 366. The van der Waals surface area contributed by atoms with E-state index in [1.807, 2.05) is 0 Å². The molecule has 0 rings (SSSR count). The van der Waals surface area contributed by atoms with Gasteiger partial charge >= 0.3 is 12.0 Å². The van der Waals surface area contributed by atoms with Crippen molar-refractivity contribution in [2.24, 2.45) is 0 Å². The van der Waals surface area contributed by atoms with Gasteiger partial charge in [-0.2, -0.15) is 0 Å². The number of amides is 2. The van der Waals surface area contributed by atoms with Gasteiger partial charge in [0.2, 0.25) is 0 Å². The Morgan fingerprint density at radius 1 is 1.35 bits per heavy atom. The van der Waals surface area contributed by atoms with Gasteiger partial charge in [-0.3, -0.25) is 4.79 Å². The van der Waals surface area contributed by atoms with Crippen LogP contribution in [-0.4, -0.2) is 49.6 Å². The first-order valence-electron chi connectivity index (χ1n) is 5.23. The number of sulfone groups is 1. The number of rotatable bonds is 7. The van der Waals surface area contributed by atoms with Crippen molar-refractivity contribution in [1.82, 2.24) is 10.6 Å². The molecule has 0 saturated carbocycles. The quantitative estimate of drug-likeness (QED) is 0.579. The van der Waals surface area contributed by atoms with E-state index in [1.54, 1.807) is 6.92 Å². The molecular formula is C9H18N2O5S. The molecule has 0 bridgehead atoms. The summed E-state index contributed by atoms with van der Waals surface area (Å²) in [4.78, 5) is 21.5. The van der Waals surface area contributed by atoms with Crippen LogP contribution < -0.4 is 10.6 Å². The van der Waals surface area contributed by atoms with Crippen LogP contribution >= 0.6 is 0 Å². The maximum absolute atomic E-state index is 11.2. The highest BCUT2D eigenvalue weighted by molar-refractivity contribution is 7.91. The molecule has 0 aromatic rings. The van der Waals surface area contributed by atoms with Crippen LogP contribution in [-0.2, 0) is 14.6 Å². The van der Waals surface area contributed by atoms with Crippen LogP contribution in [0, 0.1) is 0 Å². The molecule has 0 heterocycles. The van der Waals surface area contributed by atoms with Crippen molar-refractivity contribution >= 4 is 21.8 Å². The molecule has 0 aliphatic rings. The highest BCUT2D eigenvalue weighted by Gasteiger charge is 2.11. The van der Waals surface area contributed by atoms with Crippen molar-refractivity contribution in [1.29, 1.82) is 0 Å². The minimum atomic E-state index is -3.10. The average molecular weight is 266 g/mol. The van der Waals surface area contributed by atoms with E-state index in [0.717, 1.165) is 0 Å². The zero-order valence-corrected chi connectivity index (χ0v) is 10.7. The molecule has 2 amide bonds. The Balaban J connectivity index is 3.85. The zero-order chi connectivity index (χ0) is 13.5. The van der Waals surface area contributed by atoms with Crippen LogP contribution in [0.4, 0.5) is 4.79 Å². The van der Waals surface area contributed by atoms with Crippen LogP contribution in [0.25, 0.3) is 0 Å². The third-order valence-electron chi connectivity index (χ3n) is 2.00. The topological polar surface area (TPSA) is 113 Å². The van der Waals surface area contributed by atoms with E-state index >= 15 is 0 Å². The van der Waals surface area contributed by atoms with Crippen molar-refractivity contribution in [2.45, 2.75) is 26.3 Å². The highest BCUT2D eigenvalue weighted by Crippen LogP contribution is 1.90. The molecule has 7 nitrogen and oxygen atoms in total. The monoisotopic (exact) mass is 266 g/mol. The van der Waals surface area contributed by atoms with Gasteiger partial charge in [-0.15, -0.1) is 0 Å². The SMILES string of the molecule is CCS(=O)(=O)CCNC(=O)NC(C)CC(=O)O. The number of carbonyl (C=O) groups is 2. The summed E-state index contributed by atoms with van der Waals surface area (Å²) in [5, 5.41) is 13.2. The Hall–Kier alpha value is -1.31. The van der Waals surface area contributed by atoms with Gasteiger partial charge in [0.05, 0.1) is 12.2 Å². The summed E-state index contributed by atoms with van der Waals surface area (Å²) >= 11 is 0. The molecule has 0 aliphatic carbocycles. The smallest absolute Gasteiger partial charge is 0.315 e. The summed E-state index contributed by atoms with van der Waals surface area (Å²) in [7, 11) is -3.10. The van der Waals surface area contributed by atoms with E-state index in [0.29, 0.717) is 0 Å². The third-order valence-corrected chi connectivity index (χ3v) is 3.70. The predicted molar refractivity (Wildman–Crippen MR) is 62.6 cm³/mol. The number of hydrogen-bond acceptors (Lipinski definition) is 4. The van der Waals surface area contributed by atoms with Gasteiger partial charge in [0.25, 0.3) is 0 Å². The fourth-order valence-corrected chi connectivity index (χ4v) is 1.75. The third kappa shape index (κ3) is 8.49. The number of nitrogens with one attached hydrogen (secondary N) is 2. The van der Waals surface area contributed by atoms with Gasteiger partial charge in [0.1, 0.15) is 0 Å². The largest absolute Gasteiger partial charge is 0.481 e. The van der Waals surface area contributed by atoms with Crippen molar-refractivity contribution in [2.75, 3.05) is 18.1 Å². The molecule has 1 unspecified atom stereocenters. The fourth-order valence-electron chi connectivity index (χ4n) is 1.05. The first-order chi connectivity index (χ1) is 7.76. The van der Waals surface area contributed by atoms with E-state index in [1.165, 1.54) is 6.92 Å². The van der Waals surface area contributed by atoms with Crippen LogP contribution in [0.5, 0.6) is 0 Å². The van der Waals surface area contributed by atoms with Crippen LogP contribution in [0.1, 0.15) is 20.3 Å². The Labute approximate surface area is 101 Å². The van der Waals surface area contributed by atoms with E-state index in [-0.39, 0.29) is 24.5 Å². The lowest BCUT2D eigenvalue weighted by molar-refractivity contribution is -0.137. The summed E-state index contributed by atoms with van der Waals surface area (Å²) in [5.74, 6) is -1.10. The molecule has 0 aromatic carbocycles. The maximum Gasteiger partial charge on any atom is 0.315 e. The molecule has 0 saturated heterocycles. The first kappa shape index (κ1) is 15.7. The van der Waals surface area contributed by atoms with Gasteiger partial charge in [0.15, 0.2) is 9.84 Å². The zero-order valence-electron chi connectivity index (χ0n) is 9.89. The van der Waals surface area contributed by atoms with Gasteiger partial charge in [-0.25, -0.2) is 13.2 Å². The average Bonchev–Trinajstić information content (AvgIpc) is 2.15. The van der Waals surface area contributed by atoms with Crippen molar-refractivity contribution in [3.05, 3.63) is 0 Å². The second kappa shape index (κ2) is 7.10. The number of carboxylic acids is 1. The molecule has 0 fully saturated rings. The second-order valence-corrected chi connectivity index (χ2v) is 6.11. The Morgan fingerprint density at radius 2 is 1.94 bits per heavy atom. The lowest BCUT2D eigenvalue weighted by Gasteiger charge is -2.12. The van der Waals surface area contributed by atoms with Crippen LogP contribution in [0.15, 0.2) is 0 Å². The summed E-state index contributed by atoms with van der Waals surface area (Å²) in [6.07, 6.45) is -0.180. The molecule has 3 N–H and O–H groups in total. The fraction of sp³-hybridized carbons (Fsp3) is 0.778. The summed E-state index contributed by atoms with van der Waals surface area (Å²) in [6.45, 7) is 3.10. The molecule has 0 spiro atoms. The highest BCUT2D eigenvalue weighted by atomic mass is 32.2. The number of carboxylic acid groups (broad SMARTS) is 1. The van der Waals surface area contributed by atoms with Gasteiger partial charge in [-0.1, -0.05) is 6.92 Å². The molecule has 100 valence electrons. The molecule has 17 heavy (non-hydrogen) atoms. The van der Waals surface area contributed by atoms with Crippen molar-refractivity contribution < 1.29 is 23.1 Å². The minimum Gasteiger partial charge on any atom is -0.481 e. The molecule has 0 aliphatic heterocycles. The molecule has 0 aromatic heterocycles. The molecule has 1 atom stereocenters. The Kier molecular flexibility index (Phi) is 6.55. The maximum atomic E-state index is 11.2. The number of carbonyl (C=O) groups excluding carboxylic acids is 1. The van der Waals surface area contributed by atoms with Gasteiger partial charge < -0.3 is 15.7 Å². The number of urea groups is 1. The number of aliphatic carboxylic acids is 1. The number of hydrogen-bond donors (Lipinski definition) is 3. The Morgan fingerprint density at radius 3 is 2.41 bits per heavy atom.